The zero-order valence-electron chi connectivity index (χ0n) is 24.6. The van der Waals surface area contributed by atoms with E-state index in [2.05, 4.69) is 57.9 Å². The van der Waals surface area contributed by atoms with E-state index in [-0.39, 0.29) is 17.9 Å². The van der Waals surface area contributed by atoms with Crippen LogP contribution in [0.3, 0.4) is 0 Å². The molecule has 3 aromatic carbocycles. The van der Waals surface area contributed by atoms with Crippen LogP contribution in [0.1, 0.15) is 52.0 Å². The summed E-state index contributed by atoms with van der Waals surface area (Å²) in [6, 6.07) is 25.7. The van der Waals surface area contributed by atoms with Gasteiger partial charge < -0.3 is 20.9 Å². The van der Waals surface area contributed by atoms with Gasteiger partial charge in [-0.05, 0) is 66.4 Å². The number of benzene rings is 3. The molecule has 1 atom stereocenters. The van der Waals surface area contributed by atoms with Crippen LogP contribution in [0.2, 0.25) is 0 Å². The molecule has 220 valence electrons. The van der Waals surface area contributed by atoms with E-state index in [4.69, 9.17) is 0 Å². The van der Waals surface area contributed by atoms with Gasteiger partial charge in [0.05, 0.1) is 17.3 Å². The number of thiophene rings is 1. The number of hydrogen-bond acceptors (Lipinski definition) is 6. The van der Waals surface area contributed by atoms with E-state index in [1.807, 2.05) is 65.4 Å². The van der Waals surface area contributed by atoms with Crippen LogP contribution in [0.5, 0.6) is 0 Å². The van der Waals surface area contributed by atoms with E-state index in [9.17, 15) is 9.59 Å². The fourth-order valence-electron chi connectivity index (χ4n) is 5.75. The number of nitrogens with one attached hydrogen (secondary N) is 3. The number of nitrogens with zero attached hydrogens (tertiary/aromatic N) is 2. The fraction of sp³-hybridized carbons (Fsp3) is 0.257. The van der Waals surface area contributed by atoms with Crippen molar-refractivity contribution in [3.8, 4) is 0 Å². The lowest BCUT2D eigenvalue weighted by atomic mass is 9.98. The fourth-order valence-corrected chi connectivity index (χ4v) is 6.39. The number of amides is 2. The van der Waals surface area contributed by atoms with Gasteiger partial charge in [0.2, 0.25) is 0 Å². The summed E-state index contributed by atoms with van der Waals surface area (Å²) in [6.07, 6.45) is 0.770. The first-order valence-corrected chi connectivity index (χ1v) is 15.8. The van der Waals surface area contributed by atoms with Crippen molar-refractivity contribution < 1.29 is 9.59 Å². The summed E-state index contributed by atoms with van der Waals surface area (Å²) in [5.41, 5.74) is 7.32. The van der Waals surface area contributed by atoms with Crippen LogP contribution in [0, 0.1) is 0 Å². The van der Waals surface area contributed by atoms with Gasteiger partial charge in [0.15, 0.2) is 0 Å². The molecule has 2 aliphatic heterocycles. The third kappa shape index (κ3) is 6.57. The zero-order chi connectivity index (χ0) is 29.8. The van der Waals surface area contributed by atoms with Crippen LogP contribution in [-0.4, -0.2) is 54.8 Å². The summed E-state index contributed by atoms with van der Waals surface area (Å²) in [4.78, 5) is 31.8. The van der Waals surface area contributed by atoms with E-state index < -0.39 is 0 Å². The third-order valence-electron chi connectivity index (χ3n) is 8.20. The molecule has 6 rings (SSSR count). The maximum absolute atomic E-state index is 13.5. The molecule has 0 saturated carbocycles. The highest BCUT2D eigenvalue weighted by Crippen LogP contribution is 2.39. The van der Waals surface area contributed by atoms with E-state index >= 15 is 0 Å². The first-order chi connectivity index (χ1) is 21.0. The number of piperazine rings is 1. The Morgan fingerprint density at radius 2 is 1.77 bits per heavy atom. The van der Waals surface area contributed by atoms with Gasteiger partial charge in [-0.3, -0.25) is 14.5 Å². The average molecular weight is 592 g/mol. The van der Waals surface area contributed by atoms with Crippen molar-refractivity contribution >= 4 is 45.8 Å². The molecule has 0 aliphatic carbocycles. The van der Waals surface area contributed by atoms with Gasteiger partial charge in [-0.1, -0.05) is 49.4 Å². The molecule has 7 nitrogen and oxygen atoms in total. The quantitative estimate of drug-likeness (QED) is 0.199. The first-order valence-electron chi connectivity index (χ1n) is 14.8. The predicted molar refractivity (Wildman–Crippen MR) is 176 cm³/mol. The predicted octanol–water partition coefficient (Wildman–Crippen LogP) is 6.31. The Morgan fingerprint density at radius 3 is 2.51 bits per heavy atom. The Morgan fingerprint density at radius 1 is 0.953 bits per heavy atom. The molecule has 0 unspecified atom stereocenters. The van der Waals surface area contributed by atoms with Crippen molar-refractivity contribution in [3.05, 3.63) is 117 Å². The van der Waals surface area contributed by atoms with E-state index in [0.29, 0.717) is 22.4 Å². The highest BCUT2D eigenvalue weighted by atomic mass is 32.1. The summed E-state index contributed by atoms with van der Waals surface area (Å²) in [6.45, 7) is 7.20. The van der Waals surface area contributed by atoms with Crippen LogP contribution in [-0.2, 0) is 11.3 Å². The van der Waals surface area contributed by atoms with Crippen LogP contribution in [0.4, 0.5) is 11.4 Å². The molecule has 1 aromatic heterocycles. The van der Waals surface area contributed by atoms with Gasteiger partial charge in [-0.15, -0.1) is 0 Å². The molecule has 0 radical (unpaired) electrons. The van der Waals surface area contributed by atoms with Gasteiger partial charge >= 0.3 is 0 Å². The van der Waals surface area contributed by atoms with Crippen LogP contribution < -0.4 is 16.0 Å². The monoisotopic (exact) mass is 591 g/mol. The topological polar surface area (TPSA) is 76.7 Å². The molecule has 0 spiro atoms. The first kappa shape index (κ1) is 28.9. The molecule has 2 aliphatic rings. The van der Waals surface area contributed by atoms with E-state index in [1.54, 1.807) is 17.4 Å². The zero-order valence-corrected chi connectivity index (χ0v) is 25.4. The number of hydrogen-bond donors (Lipinski definition) is 3. The standard InChI is InChI=1S/C35H37N5O2S/c1-3-30(25-9-5-4-6-10-25)37-34(41)26-12-13-31-29(21-26)32(35(42)38-31)33(27-14-19-43-23-27)36-28-11-7-8-24(20-28)22-40-17-15-39(2)16-18-40/h4-14,19-21,23,30,36H,3,15-18,22H2,1-2H3,(H,37,41)(H,38,42)/b33-32-/t30-/m1/s1. The van der Waals surface area contributed by atoms with Crippen LogP contribution >= 0.6 is 11.3 Å². The van der Waals surface area contributed by atoms with Gasteiger partial charge in [-0.25, -0.2) is 0 Å². The minimum Gasteiger partial charge on any atom is -0.354 e. The van der Waals surface area contributed by atoms with Crippen molar-refractivity contribution in [1.29, 1.82) is 0 Å². The van der Waals surface area contributed by atoms with Crippen LogP contribution in [0.15, 0.2) is 89.6 Å². The average Bonchev–Trinajstić information content (AvgIpc) is 3.68. The summed E-state index contributed by atoms with van der Waals surface area (Å²) in [7, 11) is 2.17. The Labute approximate surface area is 257 Å². The van der Waals surface area contributed by atoms with E-state index in [1.165, 1.54) is 5.56 Å². The Bertz CT molecular complexity index is 1630. The Balaban J connectivity index is 1.30. The molecular weight excluding hydrogens is 554 g/mol. The summed E-state index contributed by atoms with van der Waals surface area (Å²) >= 11 is 1.58. The molecule has 43 heavy (non-hydrogen) atoms. The Hall–Kier alpha value is -4.24. The SMILES string of the molecule is CC[C@@H](NC(=O)c1ccc2c(c1)/C(=C(/Nc1cccc(CN3CCN(C)CC3)c1)c1ccsc1)C(=O)N2)c1ccccc1. The number of anilines is 2. The van der Waals surface area contributed by atoms with Crippen molar-refractivity contribution in [2.45, 2.75) is 25.9 Å². The van der Waals surface area contributed by atoms with Gasteiger partial charge in [0, 0.05) is 66.2 Å². The van der Waals surface area contributed by atoms with Crippen LogP contribution in [0.25, 0.3) is 11.3 Å². The van der Waals surface area contributed by atoms with Gasteiger partial charge in [0.1, 0.15) is 0 Å². The lowest BCUT2D eigenvalue weighted by Crippen LogP contribution is -2.43. The second-order valence-electron chi connectivity index (χ2n) is 11.2. The number of carbonyl (C=O) groups excluding carboxylic acids is 2. The van der Waals surface area contributed by atoms with E-state index in [0.717, 1.165) is 61.7 Å². The molecule has 1 fully saturated rings. The molecule has 8 heteroatoms. The van der Waals surface area contributed by atoms with Crippen molar-refractivity contribution in [2.24, 2.45) is 0 Å². The summed E-state index contributed by atoms with van der Waals surface area (Å²) in [5.74, 6) is -0.357. The minimum atomic E-state index is -0.189. The smallest absolute Gasteiger partial charge is 0.258 e. The molecule has 1 saturated heterocycles. The maximum atomic E-state index is 13.5. The third-order valence-corrected chi connectivity index (χ3v) is 8.88. The second-order valence-corrected chi connectivity index (χ2v) is 12.0. The molecule has 3 N–H and O–H groups in total. The highest BCUT2D eigenvalue weighted by Gasteiger charge is 2.30. The normalized spacial score (nSPS) is 17.2. The minimum absolute atomic E-state index is 0.0992. The van der Waals surface area contributed by atoms with Gasteiger partial charge in [-0.2, -0.15) is 11.3 Å². The van der Waals surface area contributed by atoms with Crippen molar-refractivity contribution in [3.63, 3.8) is 0 Å². The molecule has 0 bridgehead atoms. The molecule has 3 heterocycles. The number of carbonyl (C=O) groups is 2. The highest BCUT2D eigenvalue weighted by molar-refractivity contribution is 7.08. The summed E-state index contributed by atoms with van der Waals surface area (Å²) in [5, 5.41) is 13.8. The maximum Gasteiger partial charge on any atom is 0.258 e. The molecular formula is C35H37N5O2S. The number of fused-ring (bicyclic) bond motifs is 1. The Kier molecular flexibility index (Phi) is 8.69. The van der Waals surface area contributed by atoms with Crippen molar-refractivity contribution in [1.82, 2.24) is 15.1 Å². The molecule has 4 aromatic rings. The number of rotatable bonds is 9. The number of likely N-dealkylation sites (N-methyl/N-ethyl adjacent to an activating group) is 1. The summed E-state index contributed by atoms with van der Waals surface area (Å²) < 4.78 is 0. The lowest BCUT2D eigenvalue weighted by Gasteiger charge is -2.32. The second kappa shape index (κ2) is 13.0. The van der Waals surface area contributed by atoms with Crippen molar-refractivity contribution in [2.75, 3.05) is 43.9 Å². The lowest BCUT2D eigenvalue weighted by molar-refractivity contribution is -0.110. The molecule has 2 amide bonds. The largest absolute Gasteiger partial charge is 0.354 e. The van der Waals surface area contributed by atoms with Gasteiger partial charge in [0.25, 0.3) is 11.8 Å².